The third kappa shape index (κ3) is 3.69. The number of furan rings is 1. The number of nitrogens with one attached hydrogen (secondary N) is 1. The molecule has 132 valence electrons. The van der Waals surface area contributed by atoms with Crippen molar-refractivity contribution in [2.45, 2.75) is 31.8 Å². The Kier molecular flexibility index (Phi) is 4.30. The van der Waals surface area contributed by atoms with Crippen LogP contribution in [0.15, 0.2) is 52.1 Å². The topological polar surface area (TPSA) is 103 Å². The summed E-state index contributed by atoms with van der Waals surface area (Å²) in [4.78, 5) is 32.6. The Labute approximate surface area is 148 Å². The number of rotatable bonds is 6. The lowest BCUT2D eigenvalue weighted by molar-refractivity contribution is -0.122. The molecule has 1 aliphatic carbocycles. The maximum Gasteiger partial charge on any atom is 0.267 e. The van der Waals surface area contributed by atoms with E-state index >= 15 is 0 Å². The average Bonchev–Trinajstić information content (AvgIpc) is 3.37. The van der Waals surface area contributed by atoms with Gasteiger partial charge in [-0.3, -0.25) is 9.59 Å². The Morgan fingerprint density at radius 1 is 1.27 bits per heavy atom. The van der Waals surface area contributed by atoms with Gasteiger partial charge in [0.15, 0.2) is 5.76 Å². The van der Waals surface area contributed by atoms with Crippen LogP contribution in [0.4, 0.5) is 0 Å². The van der Waals surface area contributed by atoms with Gasteiger partial charge in [-0.15, -0.1) is 0 Å². The monoisotopic (exact) mass is 351 g/mol. The van der Waals surface area contributed by atoms with Gasteiger partial charge in [0.2, 0.25) is 5.91 Å². The average molecular weight is 351 g/mol. The van der Waals surface area contributed by atoms with Crippen LogP contribution in [0.5, 0.6) is 0 Å². The Balaban J connectivity index is 1.41. The van der Waals surface area contributed by atoms with E-state index in [1.165, 1.54) is 18.7 Å². The van der Waals surface area contributed by atoms with Crippen molar-refractivity contribution in [1.29, 1.82) is 0 Å². The molecule has 0 radical (unpaired) electrons. The van der Waals surface area contributed by atoms with Gasteiger partial charge in [0.1, 0.15) is 18.6 Å². The zero-order chi connectivity index (χ0) is 17.9. The van der Waals surface area contributed by atoms with Crippen LogP contribution in [-0.2, 0) is 17.9 Å². The van der Waals surface area contributed by atoms with Gasteiger partial charge >= 0.3 is 0 Å². The van der Waals surface area contributed by atoms with Crippen LogP contribution < -0.4 is 10.9 Å². The van der Waals surface area contributed by atoms with E-state index in [0.717, 1.165) is 28.9 Å². The lowest BCUT2D eigenvalue weighted by atomic mass is 10.2. The van der Waals surface area contributed by atoms with E-state index in [-0.39, 0.29) is 24.6 Å². The summed E-state index contributed by atoms with van der Waals surface area (Å²) in [7, 11) is 0. The number of amides is 1. The minimum absolute atomic E-state index is 0.173. The molecule has 8 heteroatoms. The summed E-state index contributed by atoms with van der Waals surface area (Å²) < 4.78 is 6.38. The van der Waals surface area contributed by atoms with Gasteiger partial charge in [-0.2, -0.15) is 5.10 Å². The predicted octanol–water partition coefficient (Wildman–Crippen LogP) is 1.49. The molecular formula is C18H17N5O3. The molecule has 3 aromatic rings. The zero-order valence-electron chi connectivity index (χ0n) is 14.0. The van der Waals surface area contributed by atoms with Crippen molar-refractivity contribution >= 4 is 5.91 Å². The molecule has 0 spiro atoms. The van der Waals surface area contributed by atoms with E-state index in [0.29, 0.717) is 17.4 Å². The Hall–Kier alpha value is -3.29. The Morgan fingerprint density at radius 2 is 2.15 bits per heavy atom. The fourth-order valence-corrected chi connectivity index (χ4v) is 2.61. The van der Waals surface area contributed by atoms with Crippen molar-refractivity contribution < 1.29 is 9.21 Å². The van der Waals surface area contributed by atoms with Gasteiger partial charge in [0.05, 0.1) is 18.5 Å². The lowest BCUT2D eigenvalue weighted by Crippen LogP contribution is -2.33. The molecule has 1 fully saturated rings. The van der Waals surface area contributed by atoms with E-state index in [2.05, 4.69) is 20.4 Å². The number of hydrogen-bond acceptors (Lipinski definition) is 6. The molecule has 0 atom stereocenters. The van der Waals surface area contributed by atoms with Crippen molar-refractivity contribution in [2.75, 3.05) is 0 Å². The standard InChI is InChI=1S/C18H17N5O3/c24-17(19-9-13-8-15(12-3-4-12)21-11-20-13)10-23-18(25)6-5-14(22-23)16-2-1-7-26-16/h1-2,5-8,11-12H,3-4,9-10H2,(H,19,24). The van der Waals surface area contributed by atoms with E-state index in [1.54, 1.807) is 18.2 Å². The van der Waals surface area contributed by atoms with Crippen LogP contribution in [0.25, 0.3) is 11.5 Å². The van der Waals surface area contributed by atoms with Crippen LogP contribution in [0.3, 0.4) is 0 Å². The molecule has 8 nitrogen and oxygen atoms in total. The van der Waals surface area contributed by atoms with Gasteiger partial charge in [0, 0.05) is 17.7 Å². The summed E-state index contributed by atoms with van der Waals surface area (Å²) in [5.74, 6) is 0.745. The first-order chi connectivity index (χ1) is 12.7. The molecule has 1 aliphatic rings. The highest BCUT2D eigenvalue weighted by atomic mass is 16.3. The Bertz CT molecular complexity index is 976. The molecule has 1 N–H and O–H groups in total. The third-order valence-electron chi connectivity index (χ3n) is 4.14. The van der Waals surface area contributed by atoms with Gasteiger partial charge in [0.25, 0.3) is 5.56 Å². The number of carbonyl (C=O) groups excluding carboxylic acids is 1. The van der Waals surface area contributed by atoms with Gasteiger partial charge < -0.3 is 9.73 Å². The highest BCUT2D eigenvalue weighted by Gasteiger charge is 2.25. The fourth-order valence-electron chi connectivity index (χ4n) is 2.61. The summed E-state index contributed by atoms with van der Waals surface area (Å²) in [5, 5.41) is 6.94. The van der Waals surface area contributed by atoms with Crippen LogP contribution in [0.1, 0.15) is 30.1 Å². The molecule has 3 heterocycles. The fraction of sp³-hybridized carbons (Fsp3) is 0.278. The lowest BCUT2D eigenvalue weighted by Gasteiger charge is -2.08. The summed E-state index contributed by atoms with van der Waals surface area (Å²) in [5.41, 5.74) is 1.91. The van der Waals surface area contributed by atoms with Crippen molar-refractivity contribution in [3.63, 3.8) is 0 Å². The van der Waals surface area contributed by atoms with E-state index in [1.807, 2.05) is 6.07 Å². The quantitative estimate of drug-likeness (QED) is 0.722. The number of aromatic nitrogens is 4. The van der Waals surface area contributed by atoms with Crippen molar-refractivity contribution in [3.8, 4) is 11.5 Å². The van der Waals surface area contributed by atoms with Crippen molar-refractivity contribution in [2.24, 2.45) is 0 Å². The van der Waals surface area contributed by atoms with E-state index < -0.39 is 0 Å². The van der Waals surface area contributed by atoms with Gasteiger partial charge in [-0.05, 0) is 37.1 Å². The largest absolute Gasteiger partial charge is 0.463 e. The first-order valence-electron chi connectivity index (χ1n) is 8.38. The predicted molar refractivity (Wildman–Crippen MR) is 92.1 cm³/mol. The van der Waals surface area contributed by atoms with E-state index in [9.17, 15) is 9.59 Å². The highest BCUT2D eigenvalue weighted by Crippen LogP contribution is 2.38. The molecule has 0 unspecified atom stereocenters. The van der Waals surface area contributed by atoms with Crippen LogP contribution >= 0.6 is 0 Å². The first-order valence-corrected chi connectivity index (χ1v) is 8.38. The summed E-state index contributed by atoms with van der Waals surface area (Å²) in [6, 6.07) is 8.32. The zero-order valence-corrected chi connectivity index (χ0v) is 14.0. The second kappa shape index (κ2) is 6.91. The molecule has 0 bridgehead atoms. The molecule has 1 saturated carbocycles. The third-order valence-corrected chi connectivity index (χ3v) is 4.14. The maximum absolute atomic E-state index is 12.2. The summed E-state index contributed by atoms with van der Waals surface area (Å²) in [6.45, 7) is 0.113. The second-order valence-corrected chi connectivity index (χ2v) is 6.18. The summed E-state index contributed by atoms with van der Waals surface area (Å²) in [6.07, 6.45) is 5.36. The van der Waals surface area contributed by atoms with E-state index in [4.69, 9.17) is 4.42 Å². The van der Waals surface area contributed by atoms with Crippen LogP contribution in [0, 0.1) is 0 Å². The van der Waals surface area contributed by atoms with Crippen molar-refractivity contribution in [1.82, 2.24) is 25.1 Å². The van der Waals surface area contributed by atoms with Gasteiger partial charge in [-0.25, -0.2) is 14.6 Å². The molecule has 1 amide bonds. The first kappa shape index (κ1) is 16.2. The second-order valence-electron chi connectivity index (χ2n) is 6.18. The molecular weight excluding hydrogens is 334 g/mol. The molecule has 0 saturated heterocycles. The minimum atomic E-state index is -0.353. The number of hydrogen-bond donors (Lipinski definition) is 1. The number of carbonyl (C=O) groups is 1. The minimum Gasteiger partial charge on any atom is -0.463 e. The molecule has 4 rings (SSSR count). The van der Waals surface area contributed by atoms with Gasteiger partial charge in [-0.1, -0.05) is 0 Å². The SMILES string of the molecule is O=C(Cn1nc(-c2ccco2)ccc1=O)NCc1cc(C2CC2)ncn1. The number of nitrogens with zero attached hydrogens (tertiary/aromatic N) is 4. The smallest absolute Gasteiger partial charge is 0.267 e. The molecule has 0 aromatic carbocycles. The molecule has 26 heavy (non-hydrogen) atoms. The van der Waals surface area contributed by atoms with Crippen molar-refractivity contribution in [3.05, 3.63) is 64.7 Å². The van der Waals surface area contributed by atoms with Crippen LogP contribution in [0.2, 0.25) is 0 Å². The van der Waals surface area contributed by atoms with Crippen LogP contribution in [-0.4, -0.2) is 25.7 Å². The molecule has 3 aromatic heterocycles. The maximum atomic E-state index is 12.2. The highest BCUT2D eigenvalue weighted by molar-refractivity contribution is 5.75. The Morgan fingerprint density at radius 3 is 2.92 bits per heavy atom. The summed E-state index contributed by atoms with van der Waals surface area (Å²) >= 11 is 0. The molecule has 0 aliphatic heterocycles. The normalized spacial score (nSPS) is 13.5.